The number of amides is 3. The second-order valence-corrected chi connectivity index (χ2v) is 8.46. The van der Waals surface area contributed by atoms with Crippen molar-refractivity contribution in [3.05, 3.63) is 66.5 Å². The standard InChI is InChI=1S/C27H29N5O7/c1-36-17-5-7-19(23(13-17)38-3)29-26(34)21-15-22(32(21)31-25(33)16-9-11-28-12-10-16)27(35)30-20-8-6-18(37-2)14-24(20)39-4/h5-14,21-22H,15H2,1-4H3,(H,29,34)(H,30,35)(H,31,33). The molecule has 2 unspecified atom stereocenters. The van der Waals surface area contributed by atoms with Crippen LogP contribution in [0.5, 0.6) is 23.0 Å². The number of benzene rings is 2. The molecule has 3 amide bonds. The van der Waals surface area contributed by atoms with Crippen LogP contribution in [0.3, 0.4) is 0 Å². The van der Waals surface area contributed by atoms with Crippen LogP contribution in [-0.2, 0) is 9.59 Å². The normalized spacial score (nSPS) is 16.3. The topological polar surface area (TPSA) is 140 Å². The van der Waals surface area contributed by atoms with E-state index in [1.54, 1.807) is 36.4 Å². The Balaban J connectivity index is 1.54. The van der Waals surface area contributed by atoms with Crippen LogP contribution >= 0.6 is 0 Å². The molecule has 1 aromatic heterocycles. The van der Waals surface area contributed by atoms with Crippen LogP contribution in [-0.4, -0.2) is 68.2 Å². The van der Waals surface area contributed by atoms with Crippen LogP contribution in [0.1, 0.15) is 16.8 Å². The molecule has 2 atom stereocenters. The van der Waals surface area contributed by atoms with Crippen molar-refractivity contribution in [1.29, 1.82) is 0 Å². The number of aromatic nitrogens is 1. The zero-order valence-electron chi connectivity index (χ0n) is 21.9. The molecule has 2 heterocycles. The van der Waals surface area contributed by atoms with Gasteiger partial charge in [-0.1, -0.05) is 0 Å². The van der Waals surface area contributed by atoms with Gasteiger partial charge in [-0.2, -0.15) is 5.01 Å². The Kier molecular flexibility index (Phi) is 8.46. The predicted octanol–water partition coefficient (Wildman–Crippen LogP) is 2.48. The highest BCUT2D eigenvalue weighted by atomic mass is 16.5. The highest BCUT2D eigenvalue weighted by molar-refractivity contribution is 6.03. The summed E-state index contributed by atoms with van der Waals surface area (Å²) in [6, 6.07) is 11.3. The van der Waals surface area contributed by atoms with E-state index in [0.717, 1.165) is 0 Å². The first-order valence-electron chi connectivity index (χ1n) is 11.9. The van der Waals surface area contributed by atoms with Crippen molar-refractivity contribution in [2.45, 2.75) is 18.5 Å². The number of hydrogen-bond acceptors (Lipinski definition) is 9. The third-order valence-electron chi connectivity index (χ3n) is 6.23. The Morgan fingerprint density at radius 3 is 1.67 bits per heavy atom. The van der Waals surface area contributed by atoms with E-state index < -0.39 is 29.8 Å². The number of hydrogen-bond donors (Lipinski definition) is 3. The zero-order valence-corrected chi connectivity index (χ0v) is 21.9. The molecule has 2 aromatic carbocycles. The van der Waals surface area contributed by atoms with Gasteiger partial charge in [0.2, 0.25) is 11.8 Å². The minimum atomic E-state index is -0.837. The maximum Gasteiger partial charge on any atom is 0.265 e. The van der Waals surface area contributed by atoms with Crippen molar-refractivity contribution in [3.63, 3.8) is 0 Å². The molecule has 1 fully saturated rings. The second kappa shape index (κ2) is 12.1. The Morgan fingerprint density at radius 2 is 1.23 bits per heavy atom. The van der Waals surface area contributed by atoms with Gasteiger partial charge < -0.3 is 29.6 Å². The number of methoxy groups -OCH3 is 4. The van der Waals surface area contributed by atoms with Crippen LogP contribution in [0.2, 0.25) is 0 Å². The molecule has 0 spiro atoms. The molecule has 12 heteroatoms. The SMILES string of the molecule is COc1ccc(NC(=O)C2CC(C(=O)Nc3ccc(OC)cc3OC)N2NC(=O)c2ccncc2)c(OC)c1. The van der Waals surface area contributed by atoms with Gasteiger partial charge in [0.25, 0.3) is 5.91 Å². The fraction of sp³-hybridized carbons (Fsp3) is 0.259. The molecule has 204 valence electrons. The summed E-state index contributed by atoms with van der Waals surface area (Å²) < 4.78 is 21.1. The lowest BCUT2D eigenvalue weighted by atomic mass is 9.93. The molecule has 0 aliphatic carbocycles. The van der Waals surface area contributed by atoms with Gasteiger partial charge in [0.15, 0.2) is 0 Å². The summed E-state index contributed by atoms with van der Waals surface area (Å²) in [5.74, 6) is 0.567. The van der Waals surface area contributed by atoms with E-state index in [-0.39, 0.29) is 6.42 Å². The van der Waals surface area contributed by atoms with Gasteiger partial charge in [-0.3, -0.25) is 24.8 Å². The summed E-state index contributed by atoms with van der Waals surface area (Å²) in [7, 11) is 6.00. The molecule has 1 aliphatic heterocycles. The number of nitrogens with one attached hydrogen (secondary N) is 3. The van der Waals surface area contributed by atoms with E-state index in [9.17, 15) is 14.4 Å². The van der Waals surface area contributed by atoms with E-state index in [1.807, 2.05) is 0 Å². The molecule has 1 saturated heterocycles. The molecule has 1 aliphatic rings. The van der Waals surface area contributed by atoms with Gasteiger partial charge in [0, 0.05) is 36.5 Å². The molecular weight excluding hydrogens is 506 g/mol. The first-order chi connectivity index (χ1) is 18.9. The van der Waals surface area contributed by atoms with Crippen LogP contribution in [0, 0.1) is 0 Å². The number of carbonyl (C=O) groups excluding carboxylic acids is 3. The lowest BCUT2D eigenvalue weighted by Crippen LogP contribution is -2.70. The van der Waals surface area contributed by atoms with Crippen LogP contribution in [0.15, 0.2) is 60.9 Å². The second-order valence-electron chi connectivity index (χ2n) is 8.46. The number of pyridine rings is 1. The number of hydrazine groups is 1. The average molecular weight is 536 g/mol. The number of rotatable bonds is 10. The number of anilines is 2. The minimum absolute atomic E-state index is 0.144. The molecule has 3 aromatic rings. The average Bonchev–Trinajstić information content (AvgIpc) is 2.96. The number of nitrogens with zero attached hydrogens (tertiary/aromatic N) is 2. The summed E-state index contributed by atoms with van der Waals surface area (Å²) in [6.07, 6.45) is 3.10. The van der Waals surface area contributed by atoms with E-state index in [0.29, 0.717) is 39.9 Å². The molecule has 4 rings (SSSR count). The summed E-state index contributed by atoms with van der Waals surface area (Å²) >= 11 is 0. The van der Waals surface area contributed by atoms with Gasteiger partial charge in [0.1, 0.15) is 35.1 Å². The molecule has 0 saturated carbocycles. The van der Waals surface area contributed by atoms with Crippen molar-refractivity contribution in [1.82, 2.24) is 15.4 Å². The van der Waals surface area contributed by atoms with Crippen molar-refractivity contribution in [3.8, 4) is 23.0 Å². The summed E-state index contributed by atoms with van der Waals surface area (Å²) in [5, 5.41) is 6.95. The first-order valence-corrected chi connectivity index (χ1v) is 11.9. The fourth-order valence-electron chi connectivity index (χ4n) is 4.06. The van der Waals surface area contributed by atoms with Gasteiger partial charge >= 0.3 is 0 Å². The van der Waals surface area contributed by atoms with Crippen LogP contribution < -0.4 is 35.0 Å². The van der Waals surface area contributed by atoms with Crippen molar-refractivity contribution < 1.29 is 33.3 Å². The summed E-state index contributed by atoms with van der Waals surface area (Å²) in [5.41, 5.74) is 3.86. The van der Waals surface area contributed by atoms with Crippen LogP contribution in [0.4, 0.5) is 11.4 Å². The van der Waals surface area contributed by atoms with E-state index in [1.165, 1.54) is 58.0 Å². The highest BCUT2D eigenvalue weighted by Crippen LogP contribution is 2.33. The minimum Gasteiger partial charge on any atom is -0.497 e. The maximum atomic E-state index is 13.3. The Hall–Kier alpha value is -4.84. The zero-order chi connectivity index (χ0) is 27.9. The summed E-state index contributed by atoms with van der Waals surface area (Å²) in [4.78, 5) is 43.4. The highest BCUT2D eigenvalue weighted by Gasteiger charge is 2.48. The maximum absolute atomic E-state index is 13.3. The molecule has 12 nitrogen and oxygen atoms in total. The van der Waals surface area contributed by atoms with Crippen molar-refractivity contribution in [2.75, 3.05) is 39.1 Å². The lowest BCUT2D eigenvalue weighted by Gasteiger charge is -2.45. The molecule has 39 heavy (non-hydrogen) atoms. The Labute approximate surface area is 225 Å². The number of carbonyl (C=O) groups is 3. The third kappa shape index (κ3) is 6.02. The summed E-state index contributed by atoms with van der Waals surface area (Å²) in [6.45, 7) is 0. The molecule has 0 radical (unpaired) electrons. The van der Waals surface area contributed by atoms with Crippen molar-refractivity contribution >= 4 is 29.1 Å². The van der Waals surface area contributed by atoms with Crippen LogP contribution in [0.25, 0.3) is 0 Å². The smallest absolute Gasteiger partial charge is 0.265 e. The van der Waals surface area contributed by atoms with E-state index in [4.69, 9.17) is 18.9 Å². The van der Waals surface area contributed by atoms with Gasteiger partial charge in [-0.15, -0.1) is 0 Å². The molecule has 0 bridgehead atoms. The van der Waals surface area contributed by atoms with Crippen molar-refractivity contribution in [2.24, 2.45) is 0 Å². The quantitative estimate of drug-likeness (QED) is 0.357. The van der Waals surface area contributed by atoms with Gasteiger partial charge in [-0.05, 0) is 36.4 Å². The Morgan fingerprint density at radius 1 is 0.744 bits per heavy atom. The largest absolute Gasteiger partial charge is 0.497 e. The van der Waals surface area contributed by atoms with Gasteiger partial charge in [-0.25, -0.2) is 0 Å². The number of ether oxygens (including phenoxy) is 4. The predicted molar refractivity (Wildman–Crippen MR) is 142 cm³/mol. The van der Waals surface area contributed by atoms with E-state index in [2.05, 4.69) is 21.0 Å². The molecular formula is C27H29N5O7. The fourth-order valence-corrected chi connectivity index (χ4v) is 4.06. The molecule has 3 N–H and O–H groups in total. The van der Waals surface area contributed by atoms with E-state index >= 15 is 0 Å². The monoisotopic (exact) mass is 535 g/mol. The lowest BCUT2D eigenvalue weighted by molar-refractivity contribution is -0.141. The Bertz CT molecular complexity index is 1280. The van der Waals surface area contributed by atoms with Gasteiger partial charge in [0.05, 0.1) is 39.8 Å². The third-order valence-corrected chi connectivity index (χ3v) is 6.23. The first kappa shape index (κ1) is 27.2.